The van der Waals surface area contributed by atoms with Crippen LogP contribution in [-0.4, -0.2) is 10.1 Å². The topological polar surface area (TPSA) is 45.1 Å². The lowest BCUT2D eigenvalue weighted by Crippen LogP contribution is -2.11. The third-order valence-electron chi connectivity index (χ3n) is 1.89. The summed E-state index contributed by atoms with van der Waals surface area (Å²) in [6.45, 7) is 6.37. The van der Waals surface area contributed by atoms with Gasteiger partial charge in [-0.3, -0.25) is 4.98 Å². The predicted molar refractivity (Wildman–Crippen MR) is 70.3 cm³/mol. The van der Waals surface area contributed by atoms with E-state index in [0.29, 0.717) is 0 Å². The van der Waals surface area contributed by atoms with Gasteiger partial charge in [-0.05, 0) is 33.8 Å². The van der Waals surface area contributed by atoms with E-state index in [4.69, 9.17) is 5.11 Å². The van der Waals surface area contributed by atoms with Gasteiger partial charge in [0.25, 0.3) is 0 Å². The van der Waals surface area contributed by atoms with E-state index in [-0.39, 0.29) is 5.41 Å². The van der Waals surface area contributed by atoms with Crippen LogP contribution in [0.3, 0.4) is 0 Å². The minimum Gasteiger partial charge on any atom is -0.514 e. The Hall–Kier alpha value is -1.03. The molecule has 0 saturated carbocycles. The van der Waals surface area contributed by atoms with E-state index in [1.807, 2.05) is 6.07 Å². The van der Waals surface area contributed by atoms with Gasteiger partial charge in [0.05, 0.1) is 23.8 Å². The molecule has 0 fully saturated rings. The number of allylic oxidation sites excluding steroid dienone is 1. The highest BCUT2D eigenvalue weighted by atomic mass is 79.9. The van der Waals surface area contributed by atoms with Gasteiger partial charge in [0.1, 0.15) is 0 Å². The Morgan fingerprint density at radius 1 is 1.50 bits per heavy atom. The Labute approximate surface area is 105 Å². The van der Waals surface area contributed by atoms with Gasteiger partial charge < -0.3 is 10.4 Å². The molecule has 1 rings (SSSR count). The smallest absolute Gasteiger partial charge is 0.0984 e. The molecule has 3 nitrogen and oxygen atoms in total. The summed E-state index contributed by atoms with van der Waals surface area (Å²) in [6, 6.07) is 1.92. The molecule has 0 aliphatic heterocycles. The number of pyridine rings is 1. The maximum Gasteiger partial charge on any atom is 0.0984 e. The zero-order chi connectivity index (χ0) is 12.2. The third kappa shape index (κ3) is 4.66. The van der Waals surface area contributed by atoms with E-state index in [1.54, 1.807) is 12.4 Å². The van der Waals surface area contributed by atoms with Crippen molar-refractivity contribution < 1.29 is 5.11 Å². The second kappa shape index (κ2) is 5.34. The number of rotatable bonds is 3. The molecule has 0 bridgehead atoms. The van der Waals surface area contributed by atoms with Crippen LogP contribution in [0.25, 0.3) is 0 Å². The molecule has 2 N–H and O–H groups in total. The van der Waals surface area contributed by atoms with Crippen molar-refractivity contribution in [2.45, 2.75) is 27.2 Å². The van der Waals surface area contributed by atoms with Crippen LogP contribution in [-0.2, 0) is 0 Å². The van der Waals surface area contributed by atoms with E-state index in [1.165, 1.54) is 0 Å². The van der Waals surface area contributed by atoms with Crippen LogP contribution in [0.2, 0.25) is 0 Å². The second-order valence-corrected chi connectivity index (χ2v) is 5.82. The molecule has 0 radical (unpaired) electrons. The van der Waals surface area contributed by atoms with Crippen LogP contribution in [0, 0.1) is 5.41 Å². The van der Waals surface area contributed by atoms with Gasteiger partial charge in [-0.25, -0.2) is 0 Å². The van der Waals surface area contributed by atoms with Gasteiger partial charge in [-0.1, -0.05) is 20.8 Å². The molecule has 1 heterocycles. The third-order valence-corrected chi connectivity index (χ3v) is 2.32. The Bertz CT molecular complexity index is 383. The summed E-state index contributed by atoms with van der Waals surface area (Å²) in [5.41, 5.74) is 1.77. The highest BCUT2D eigenvalue weighted by Crippen LogP contribution is 2.25. The number of hydrogen-bond acceptors (Lipinski definition) is 3. The molecule has 0 aromatic carbocycles. The Morgan fingerprint density at radius 3 is 2.69 bits per heavy atom. The average molecular weight is 285 g/mol. The fourth-order valence-corrected chi connectivity index (χ4v) is 1.72. The molecule has 88 valence electrons. The fraction of sp³-hybridized carbons (Fsp3) is 0.417. The molecule has 0 saturated heterocycles. The minimum absolute atomic E-state index is 0.126. The van der Waals surface area contributed by atoms with Crippen molar-refractivity contribution in [2.75, 3.05) is 5.32 Å². The quantitative estimate of drug-likeness (QED) is 0.822. The van der Waals surface area contributed by atoms with Gasteiger partial charge in [0, 0.05) is 10.7 Å². The number of aromatic nitrogens is 1. The molecular weight excluding hydrogens is 268 g/mol. The number of nitrogens with one attached hydrogen (secondary N) is 1. The molecule has 16 heavy (non-hydrogen) atoms. The first kappa shape index (κ1) is 13.0. The van der Waals surface area contributed by atoms with E-state index in [0.717, 1.165) is 28.5 Å². The van der Waals surface area contributed by atoms with Crippen molar-refractivity contribution >= 4 is 21.6 Å². The maximum atomic E-state index is 9.16. The first-order valence-electron chi connectivity index (χ1n) is 5.11. The molecule has 0 aliphatic carbocycles. The summed E-state index contributed by atoms with van der Waals surface area (Å²) in [6.07, 6.45) is 5.33. The van der Waals surface area contributed by atoms with Crippen LogP contribution in [0.15, 0.2) is 34.9 Å². The summed E-state index contributed by atoms with van der Waals surface area (Å²) < 4.78 is 0.908. The van der Waals surface area contributed by atoms with E-state index in [2.05, 4.69) is 47.0 Å². The lowest BCUT2D eigenvalue weighted by Gasteiger charge is -2.20. The highest BCUT2D eigenvalue weighted by molar-refractivity contribution is 9.10. The molecule has 0 amide bonds. The maximum absolute atomic E-state index is 9.16. The molecule has 0 aliphatic rings. The number of halogens is 1. The van der Waals surface area contributed by atoms with Crippen molar-refractivity contribution in [3.8, 4) is 0 Å². The summed E-state index contributed by atoms with van der Waals surface area (Å²) in [5, 5.41) is 12.3. The SMILES string of the molecule is CC(C)(C)C/C(=C/O)Nc1cncc(Br)c1. The standard InChI is InChI=1S/C12H17BrN2O/c1-12(2,3)5-11(8-16)15-10-4-9(13)6-14-7-10/h4,6-8,15-16H,5H2,1-3H3/b11-8-. The number of hydrogen-bond donors (Lipinski definition) is 2. The lowest BCUT2D eigenvalue weighted by molar-refractivity contribution is 0.395. The first-order chi connectivity index (χ1) is 7.40. The van der Waals surface area contributed by atoms with Crippen LogP contribution in [0.4, 0.5) is 5.69 Å². The molecule has 1 aromatic rings. The number of nitrogens with zero attached hydrogens (tertiary/aromatic N) is 1. The molecule has 0 unspecified atom stereocenters. The Kier molecular flexibility index (Phi) is 4.35. The normalized spacial score (nSPS) is 12.6. The van der Waals surface area contributed by atoms with Gasteiger partial charge in [0.2, 0.25) is 0 Å². The zero-order valence-electron chi connectivity index (χ0n) is 9.79. The van der Waals surface area contributed by atoms with Gasteiger partial charge in [-0.15, -0.1) is 0 Å². The van der Waals surface area contributed by atoms with Crippen LogP contribution >= 0.6 is 15.9 Å². The van der Waals surface area contributed by atoms with Crippen LogP contribution < -0.4 is 5.32 Å². The Balaban J connectivity index is 2.72. The van der Waals surface area contributed by atoms with Crippen LogP contribution in [0.1, 0.15) is 27.2 Å². The van der Waals surface area contributed by atoms with Crippen molar-refractivity contribution in [3.63, 3.8) is 0 Å². The monoisotopic (exact) mass is 284 g/mol. The molecule has 0 spiro atoms. The predicted octanol–water partition coefficient (Wildman–Crippen LogP) is 4.09. The fourth-order valence-electron chi connectivity index (χ4n) is 1.36. The van der Waals surface area contributed by atoms with Crippen molar-refractivity contribution in [1.82, 2.24) is 4.98 Å². The van der Waals surface area contributed by atoms with E-state index in [9.17, 15) is 0 Å². The summed E-state index contributed by atoms with van der Waals surface area (Å²) in [5.74, 6) is 0. The molecular formula is C12H17BrN2O. The Morgan fingerprint density at radius 2 is 2.19 bits per heavy atom. The van der Waals surface area contributed by atoms with Crippen molar-refractivity contribution in [1.29, 1.82) is 0 Å². The van der Waals surface area contributed by atoms with Gasteiger partial charge in [0.15, 0.2) is 0 Å². The van der Waals surface area contributed by atoms with Gasteiger partial charge in [-0.2, -0.15) is 0 Å². The molecule has 0 atom stereocenters. The van der Waals surface area contributed by atoms with Crippen LogP contribution in [0.5, 0.6) is 0 Å². The average Bonchev–Trinajstić information content (AvgIpc) is 2.14. The number of aliphatic hydroxyl groups is 1. The highest BCUT2D eigenvalue weighted by Gasteiger charge is 2.13. The molecule has 4 heteroatoms. The van der Waals surface area contributed by atoms with E-state index >= 15 is 0 Å². The van der Waals surface area contributed by atoms with Crippen molar-refractivity contribution in [3.05, 3.63) is 34.9 Å². The number of aliphatic hydroxyl groups excluding tert-OH is 1. The zero-order valence-corrected chi connectivity index (χ0v) is 11.4. The van der Waals surface area contributed by atoms with E-state index < -0.39 is 0 Å². The second-order valence-electron chi connectivity index (χ2n) is 4.91. The first-order valence-corrected chi connectivity index (χ1v) is 5.91. The largest absolute Gasteiger partial charge is 0.514 e. The minimum atomic E-state index is 0.126. The lowest BCUT2D eigenvalue weighted by atomic mass is 9.91. The molecule has 1 aromatic heterocycles. The van der Waals surface area contributed by atoms with Gasteiger partial charge >= 0.3 is 0 Å². The number of anilines is 1. The summed E-state index contributed by atoms with van der Waals surface area (Å²) in [4.78, 5) is 4.05. The summed E-state index contributed by atoms with van der Waals surface area (Å²) >= 11 is 3.35. The summed E-state index contributed by atoms with van der Waals surface area (Å²) in [7, 11) is 0. The van der Waals surface area contributed by atoms with Crippen molar-refractivity contribution in [2.24, 2.45) is 5.41 Å².